The van der Waals surface area contributed by atoms with Gasteiger partial charge in [-0.1, -0.05) is 115 Å². The third kappa shape index (κ3) is 2.62. The molecule has 0 aromatic heterocycles. The van der Waals surface area contributed by atoms with Gasteiger partial charge < -0.3 is 0 Å². The van der Waals surface area contributed by atoms with E-state index in [1.54, 1.807) is 0 Å². The van der Waals surface area contributed by atoms with E-state index in [2.05, 4.69) is 121 Å². The van der Waals surface area contributed by atoms with Gasteiger partial charge in [-0.05, 0) is 61.7 Å². The average Bonchev–Trinajstić information content (AvgIpc) is 3.21. The molecule has 0 heteroatoms. The van der Waals surface area contributed by atoms with Crippen LogP contribution in [0.15, 0.2) is 121 Å². The van der Waals surface area contributed by atoms with Gasteiger partial charge >= 0.3 is 0 Å². The molecule has 6 aliphatic carbocycles. The quantitative estimate of drug-likeness (QED) is 0.283. The van der Waals surface area contributed by atoms with Crippen LogP contribution in [0, 0.1) is 0 Å². The van der Waals surface area contributed by atoms with Gasteiger partial charge in [0.05, 0.1) is 0 Å². The molecule has 0 saturated heterocycles. The molecule has 0 bridgehead atoms. The van der Waals surface area contributed by atoms with Gasteiger partial charge in [-0.15, -0.1) is 0 Å². The predicted molar refractivity (Wildman–Crippen MR) is 127 cm³/mol. The molecule has 0 fully saturated rings. The highest BCUT2D eigenvalue weighted by Gasteiger charge is 2.22. The molecule has 0 heterocycles. The molecule has 6 rings (SSSR count). The molecular weight excluding hydrogens is 360 g/mol. The molecule has 0 spiro atoms. The lowest BCUT2D eigenvalue weighted by molar-refractivity contribution is 1.76. The van der Waals surface area contributed by atoms with Crippen molar-refractivity contribution < 1.29 is 0 Å². The fourth-order valence-electron chi connectivity index (χ4n) is 4.66. The van der Waals surface area contributed by atoms with E-state index in [1.165, 1.54) is 55.6 Å². The zero-order chi connectivity index (χ0) is 19.9. The van der Waals surface area contributed by atoms with E-state index in [1.807, 2.05) is 0 Å². The van der Waals surface area contributed by atoms with E-state index in [9.17, 15) is 0 Å². The molecular formula is C30H20. The molecule has 0 aromatic carbocycles. The van der Waals surface area contributed by atoms with Crippen LogP contribution >= 0.6 is 0 Å². The lowest BCUT2D eigenvalue weighted by Gasteiger charge is -2.04. The maximum absolute atomic E-state index is 2.38. The molecule has 30 heavy (non-hydrogen) atoms. The summed E-state index contributed by atoms with van der Waals surface area (Å²) >= 11 is 0. The fourth-order valence-corrected chi connectivity index (χ4v) is 4.66. The minimum atomic E-state index is 1.27. The molecule has 140 valence electrons. The molecule has 0 atom stereocenters. The maximum atomic E-state index is 2.38. The molecule has 0 unspecified atom stereocenters. The number of rotatable bonds is 2. The van der Waals surface area contributed by atoms with Gasteiger partial charge in [0.25, 0.3) is 0 Å². The Hall–Kier alpha value is -3.90. The van der Waals surface area contributed by atoms with Crippen molar-refractivity contribution >= 4 is 0 Å². The van der Waals surface area contributed by atoms with E-state index in [0.717, 1.165) is 0 Å². The van der Waals surface area contributed by atoms with Crippen molar-refractivity contribution in [2.45, 2.75) is 0 Å². The first-order valence-corrected chi connectivity index (χ1v) is 10.4. The Kier molecular flexibility index (Phi) is 3.89. The molecule has 0 amide bonds. The Labute approximate surface area is 177 Å². The smallest absolute Gasteiger partial charge is 0.00926 e. The summed E-state index contributed by atoms with van der Waals surface area (Å²) in [5, 5.41) is 0. The monoisotopic (exact) mass is 380 g/mol. The highest BCUT2D eigenvalue weighted by molar-refractivity contribution is 6.04. The SMILES string of the molecule is c1ccc2ccc(-c3cc(-c4ccc5cccccc4-5)c4cccccc3-4)c-2cc1. The van der Waals surface area contributed by atoms with Gasteiger partial charge in [0.1, 0.15) is 0 Å². The fraction of sp³-hybridized carbons (Fsp3) is 0. The van der Waals surface area contributed by atoms with E-state index < -0.39 is 0 Å². The number of hydrogen-bond donors (Lipinski definition) is 0. The van der Waals surface area contributed by atoms with Crippen molar-refractivity contribution in [3.8, 4) is 55.6 Å². The van der Waals surface area contributed by atoms with Gasteiger partial charge in [0.2, 0.25) is 0 Å². The van der Waals surface area contributed by atoms with Gasteiger partial charge in [-0.25, -0.2) is 0 Å². The summed E-state index contributed by atoms with van der Waals surface area (Å²) in [6.07, 6.45) is 0. The lowest BCUT2D eigenvalue weighted by atomic mass is 9.99. The minimum Gasteiger partial charge on any atom is -0.0622 e. The van der Waals surface area contributed by atoms with Gasteiger partial charge in [-0.3, -0.25) is 0 Å². The third-order valence-electron chi connectivity index (χ3n) is 6.07. The van der Waals surface area contributed by atoms with Crippen molar-refractivity contribution in [1.29, 1.82) is 0 Å². The molecule has 0 N–H and O–H groups in total. The molecule has 0 radical (unpaired) electrons. The van der Waals surface area contributed by atoms with Gasteiger partial charge in [0.15, 0.2) is 0 Å². The maximum Gasteiger partial charge on any atom is -0.00926 e. The van der Waals surface area contributed by atoms with Crippen LogP contribution in [0.5, 0.6) is 0 Å². The third-order valence-corrected chi connectivity index (χ3v) is 6.07. The number of hydrogen-bond acceptors (Lipinski definition) is 0. The summed E-state index contributed by atoms with van der Waals surface area (Å²) in [6.45, 7) is 0. The summed E-state index contributed by atoms with van der Waals surface area (Å²) in [7, 11) is 0. The van der Waals surface area contributed by atoms with Crippen LogP contribution in [0.2, 0.25) is 0 Å². The topological polar surface area (TPSA) is 0 Å². The molecule has 0 aromatic rings. The Morgan fingerprint density at radius 1 is 0.233 bits per heavy atom. The predicted octanol–water partition coefficient (Wildman–Crippen LogP) is 8.34. The molecule has 0 saturated carbocycles. The summed E-state index contributed by atoms with van der Waals surface area (Å²) in [6, 6.07) is 43.7. The van der Waals surface area contributed by atoms with Crippen molar-refractivity contribution in [3.05, 3.63) is 121 Å². The first-order valence-electron chi connectivity index (χ1n) is 10.4. The molecule has 0 nitrogen and oxygen atoms in total. The lowest BCUT2D eigenvalue weighted by Crippen LogP contribution is -1.77. The Morgan fingerprint density at radius 2 is 0.600 bits per heavy atom. The van der Waals surface area contributed by atoms with E-state index in [0.29, 0.717) is 0 Å². The van der Waals surface area contributed by atoms with Crippen LogP contribution in [0.3, 0.4) is 0 Å². The second kappa shape index (κ2) is 6.86. The van der Waals surface area contributed by atoms with Gasteiger partial charge in [0, 0.05) is 0 Å². The minimum absolute atomic E-state index is 1.27. The van der Waals surface area contributed by atoms with Gasteiger partial charge in [-0.2, -0.15) is 0 Å². The highest BCUT2D eigenvalue weighted by atomic mass is 14.3. The second-order valence-electron chi connectivity index (χ2n) is 7.76. The Balaban J connectivity index is 1.63. The van der Waals surface area contributed by atoms with Crippen LogP contribution in [0.4, 0.5) is 0 Å². The standard InChI is InChI=1S/C30H20/c1-4-10-21-16-18-27(23(21)12-6-1)29-20-30(26-15-9-3-8-14-25(26)29)28-19-17-22-11-5-2-7-13-24(22)28/h1-20H. The largest absolute Gasteiger partial charge is 0.0622 e. The molecule has 6 aliphatic rings. The Bertz CT molecular complexity index is 1290. The zero-order valence-corrected chi connectivity index (χ0v) is 16.5. The summed E-state index contributed by atoms with van der Waals surface area (Å²) < 4.78 is 0. The van der Waals surface area contributed by atoms with Crippen LogP contribution in [0.25, 0.3) is 55.6 Å². The summed E-state index contributed by atoms with van der Waals surface area (Å²) in [5.74, 6) is 0. The normalized spacial score (nSPS) is 11.3. The van der Waals surface area contributed by atoms with E-state index >= 15 is 0 Å². The summed E-state index contributed by atoms with van der Waals surface area (Å²) in [4.78, 5) is 0. The van der Waals surface area contributed by atoms with Crippen molar-refractivity contribution in [3.63, 3.8) is 0 Å². The van der Waals surface area contributed by atoms with E-state index in [-0.39, 0.29) is 0 Å². The highest BCUT2D eigenvalue weighted by Crippen LogP contribution is 2.49. The van der Waals surface area contributed by atoms with Crippen LogP contribution in [-0.2, 0) is 0 Å². The first kappa shape index (κ1) is 17.0. The van der Waals surface area contributed by atoms with Crippen LogP contribution < -0.4 is 0 Å². The zero-order valence-electron chi connectivity index (χ0n) is 16.5. The number of fused-ring (bicyclic) bond motifs is 3. The van der Waals surface area contributed by atoms with E-state index in [4.69, 9.17) is 0 Å². The van der Waals surface area contributed by atoms with Crippen LogP contribution in [0.1, 0.15) is 0 Å². The van der Waals surface area contributed by atoms with Crippen molar-refractivity contribution in [2.75, 3.05) is 0 Å². The summed E-state index contributed by atoms with van der Waals surface area (Å²) in [5.41, 5.74) is 12.9. The second-order valence-corrected chi connectivity index (χ2v) is 7.76. The Morgan fingerprint density at radius 3 is 1.07 bits per heavy atom. The van der Waals surface area contributed by atoms with Crippen molar-refractivity contribution in [2.24, 2.45) is 0 Å². The average molecular weight is 380 g/mol. The van der Waals surface area contributed by atoms with Crippen molar-refractivity contribution in [1.82, 2.24) is 0 Å². The molecule has 0 aliphatic heterocycles. The first-order chi connectivity index (χ1) is 14.9. The van der Waals surface area contributed by atoms with Crippen LogP contribution in [-0.4, -0.2) is 0 Å².